The number of carbonyl (C=O) groups is 2. The first-order chi connectivity index (χ1) is 22.2. The number of hydrogen-bond donors (Lipinski definition) is 3. The first-order valence-corrected chi connectivity index (χ1v) is 16.4. The van der Waals surface area contributed by atoms with E-state index < -0.39 is 0 Å². The SMILES string of the molecule is C=C(C)C(N)=Nc1ccc(-c2ccc3cc(-c4ccc(NC(=O)CCc5ccc(NC(=O)C(=C)CI)cc5)cc4)ccc3c2)cc1. The number of rotatable bonds is 11. The Kier molecular flexibility index (Phi) is 10.4. The zero-order chi connectivity index (χ0) is 32.6. The molecule has 5 aromatic carbocycles. The Morgan fingerprint density at radius 2 is 1.22 bits per heavy atom. The number of aliphatic imine (C=N–C) groups is 1. The van der Waals surface area contributed by atoms with Gasteiger partial charge in [0.15, 0.2) is 0 Å². The minimum atomic E-state index is -0.182. The first kappa shape index (κ1) is 32.4. The number of amidine groups is 1. The second-order valence-electron chi connectivity index (χ2n) is 11.1. The molecule has 0 saturated heterocycles. The van der Waals surface area contributed by atoms with Gasteiger partial charge in [-0.3, -0.25) is 9.59 Å². The van der Waals surface area contributed by atoms with E-state index >= 15 is 0 Å². The standard InChI is InChI=1S/C39H35IN4O2/c1-25(2)38(41)43-35-19-13-29(14-20-35)31-8-10-32-22-30(7-9-33(32)23-31)28-11-17-34(18-12-28)42-37(45)21-6-27-4-15-36(16-5-27)44-39(46)26(3)24-40/h4-5,7-20,22-23H,1,3,6,21,24H2,2H3,(H2,41,43)(H,42,45)(H,44,46). The van der Waals surface area contributed by atoms with E-state index in [1.165, 1.54) is 0 Å². The molecule has 5 rings (SSSR count). The number of fused-ring (bicyclic) bond motifs is 1. The van der Waals surface area contributed by atoms with Gasteiger partial charge in [0.05, 0.1) is 5.69 Å². The van der Waals surface area contributed by atoms with Gasteiger partial charge >= 0.3 is 0 Å². The Morgan fingerprint density at radius 3 is 1.76 bits per heavy atom. The van der Waals surface area contributed by atoms with E-state index in [2.05, 4.69) is 87.8 Å². The monoisotopic (exact) mass is 718 g/mol. The lowest BCUT2D eigenvalue weighted by molar-refractivity contribution is -0.116. The van der Waals surface area contributed by atoms with Crippen molar-refractivity contribution < 1.29 is 9.59 Å². The van der Waals surface area contributed by atoms with Crippen molar-refractivity contribution in [2.45, 2.75) is 19.8 Å². The summed E-state index contributed by atoms with van der Waals surface area (Å²) in [6, 6.07) is 36.3. The largest absolute Gasteiger partial charge is 0.383 e. The third-order valence-corrected chi connectivity index (χ3v) is 8.49. The molecule has 0 saturated carbocycles. The van der Waals surface area contributed by atoms with Crippen LogP contribution in [0.5, 0.6) is 0 Å². The van der Waals surface area contributed by atoms with Crippen molar-refractivity contribution in [2.75, 3.05) is 15.1 Å². The van der Waals surface area contributed by atoms with Crippen LogP contribution in [0.15, 0.2) is 138 Å². The molecule has 0 aliphatic carbocycles. The molecule has 230 valence electrons. The first-order valence-electron chi connectivity index (χ1n) is 14.9. The average Bonchev–Trinajstić information content (AvgIpc) is 3.07. The minimum absolute atomic E-state index is 0.0525. The van der Waals surface area contributed by atoms with Crippen molar-refractivity contribution in [3.05, 3.63) is 139 Å². The number of nitrogens with one attached hydrogen (secondary N) is 2. The Bertz CT molecular complexity index is 1940. The van der Waals surface area contributed by atoms with Crippen molar-refractivity contribution in [1.82, 2.24) is 0 Å². The highest BCUT2D eigenvalue weighted by Gasteiger charge is 2.08. The number of aryl methyl sites for hydroxylation is 1. The fraction of sp³-hybridized carbons (Fsp3) is 0.103. The van der Waals surface area contributed by atoms with Crippen molar-refractivity contribution in [3.8, 4) is 22.3 Å². The topological polar surface area (TPSA) is 96.6 Å². The van der Waals surface area contributed by atoms with Crippen molar-refractivity contribution in [1.29, 1.82) is 0 Å². The number of benzene rings is 5. The second-order valence-corrected chi connectivity index (χ2v) is 11.9. The van der Waals surface area contributed by atoms with Crippen LogP contribution >= 0.6 is 22.6 Å². The maximum absolute atomic E-state index is 12.6. The van der Waals surface area contributed by atoms with Crippen LogP contribution in [-0.2, 0) is 16.0 Å². The average molecular weight is 719 g/mol. The molecule has 0 fully saturated rings. The van der Waals surface area contributed by atoms with Gasteiger partial charge < -0.3 is 16.4 Å². The third kappa shape index (κ3) is 8.37. The van der Waals surface area contributed by atoms with Crippen LogP contribution in [0.2, 0.25) is 0 Å². The number of anilines is 2. The molecule has 0 aliphatic rings. The summed E-state index contributed by atoms with van der Waals surface area (Å²) in [7, 11) is 0. The highest BCUT2D eigenvalue weighted by atomic mass is 127. The molecular weight excluding hydrogens is 683 g/mol. The van der Waals surface area contributed by atoms with Crippen molar-refractivity contribution in [2.24, 2.45) is 10.7 Å². The zero-order valence-corrected chi connectivity index (χ0v) is 27.8. The van der Waals surface area contributed by atoms with Crippen LogP contribution < -0.4 is 16.4 Å². The minimum Gasteiger partial charge on any atom is -0.383 e. The molecule has 6 nitrogen and oxygen atoms in total. The van der Waals surface area contributed by atoms with Gasteiger partial charge in [-0.25, -0.2) is 4.99 Å². The van der Waals surface area contributed by atoms with Crippen molar-refractivity contribution >= 4 is 68.1 Å². The molecule has 0 bridgehead atoms. The summed E-state index contributed by atoms with van der Waals surface area (Å²) in [6.45, 7) is 9.42. The van der Waals surface area contributed by atoms with Gasteiger partial charge in [0.2, 0.25) is 5.91 Å². The molecule has 0 aliphatic heterocycles. The van der Waals surface area contributed by atoms with Crippen LogP contribution in [0.3, 0.4) is 0 Å². The number of amides is 2. The van der Waals surface area contributed by atoms with E-state index in [-0.39, 0.29) is 11.8 Å². The number of hydrogen-bond acceptors (Lipinski definition) is 3. The van der Waals surface area contributed by atoms with Gasteiger partial charge in [0.1, 0.15) is 5.84 Å². The van der Waals surface area contributed by atoms with Crippen LogP contribution in [0, 0.1) is 0 Å². The van der Waals surface area contributed by atoms with Gasteiger partial charge in [-0.05, 0) is 106 Å². The molecule has 0 radical (unpaired) electrons. The maximum Gasteiger partial charge on any atom is 0.251 e. The molecule has 46 heavy (non-hydrogen) atoms. The van der Waals surface area contributed by atoms with E-state index in [9.17, 15) is 9.59 Å². The Labute approximate surface area is 283 Å². The van der Waals surface area contributed by atoms with Crippen LogP contribution in [-0.4, -0.2) is 22.1 Å². The van der Waals surface area contributed by atoms with Crippen LogP contribution in [0.1, 0.15) is 18.9 Å². The maximum atomic E-state index is 12.6. The van der Waals surface area contributed by atoms with Crippen molar-refractivity contribution in [3.63, 3.8) is 0 Å². The molecule has 2 amide bonds. The van der Waals surface area contributed by atoms with E-state index in [0.29, 0.717) is 34.4 Å². The molecule has 0 atom stereocenters. The smallest absolute Gasteiger partial charge is 0.251 e. The summed E-state index contributed by atoms with van der Waals surface area (Å²) >= 11 is 2.11. The van der Waals surface area contributed by atoms with Gasteiger partial charge in [0, 0.05) is 27.8 Å². The summed E-state index contributed by atoms with van der Waals surface area (Å²) in [6.07, 6.45) is 0.954. The van der Waals surface area contributed by atoms with Gasteiger partial charge in [-0.1, -0.05) is 96.4 Å². The second kappa shape index (κ2) is 14.8. The summed E-state index contributed by atoms with van der Waals surface area (Å²) in [5, 5.41) is 8.12. The predicted octanol–water partition coefficient (Wildman–Crippen LogP) is 9.24. The quantitative estimate of drug-likeness (QED) is 0.0418. The van der Waals surface area contributed by atoms with Gasteiger partial charge in [-0.2, -0.15) is 0 Å². The predicted molar refractivity (Wildman–Crippen MR) is 201 cm³/mol. The summed E-state index contributed by atoms with van der Waals surface area (Å²) in [4.78, 5) is 29.0. The van der Waals surface area contributed by atoms with E-state index in [1.807, 2.05) is 79.7 Å². The molecule has 5 aromatic rings. The van der Waals surface area contributed by atoms with Crippen LogP contribution in [0.25, 0.3) is 33.0 Å². The fourth-order valence-electron chi connectivity index (χ4n) is 4.83. The Morgan fingerprint density at radius 1 is 0.717 bits per heavy atom. The lowest BCUT2D eigenvalue weighted by atomic mass is 9.97. The molecule has 0 spiro atoms. The van der Waals surface area contributed by atoms with Gasteiger partial charge in [-0.15, -0.1) is 0 Å². The Hall–Kier alpha value is -5.02. The highest BCUT2D eigenvalue weighted by Crippen LogP contribution is 2.30. The summed E-state index contributed by atoms with van der Waals surface area (Å²) < 4.78 is 0.575. The number of carbonyl (C=O) groups excluding carboxylic acids is 2. The summed E-state index contributed by atoms with van der Waals surface area (Å²) in [5.74, 6) is 0.202. The molecule has 4 N–H and O–H groups in total. The number of nitrogens with zero attached hydrogens (tertiary/aromatic N) is 1. The third-order valence-electron chi connectivity index (χ3n) is 7.56. The molecule has 0 aromatic heterocycles. The number of nitrogens with two attached hydrogens (primary N) is 1. The van der Waals surface area contributed by atoms with E-state index in [4.69, 9.17) is 5.73 Å². The van der Waals surface area contributed by atoms with E-state index in [1.54, 1.807) is 0 Å². The van der Waals surface area contributed by atoms with Gasteiger partial charge in [0.25, 0.3) is 5.91 Å². The fourth-order valence-corrected chi connectivity index (χ4v) is 5.18. The lowest BCUT2D eigenvalue weighted by Crippen LogP contribution is -2.14. The molecule has 0 heterocycles. The normalized spacial score (nSPS) is 11.2. The number of alkyl halides is 1. The van der Waals surface area contributed by atoms with Crippen LogP contribution in [0.4, 0.5) is 17.1 Å². The lowest BCUT2D eigenvalue weighted by Gasteiger charge is -2.10. The summed E-state index contributed by atoms with van der Waals surface area (Å²) in [5.41, 5.74) is 14.9. The molecular formula is C39H35IN4O2. The molecule has 7 heteroatoms. The number of halogens is 1. The zero-order valence-electron chi connectivity index (χ0n) is 25.6. The van der Waals surface area contributed by atoms with E-state index in [0.717, 1.165) is 55.5 Å². The molecule has 0 unspecified atom stereocenters. The Balaban J connectivity index is 1.17. The highest BCUT2D eigenvalue weighted by molar-refractivity contribution is 14.1.